The third-order valence-corrected chi connectivity index (χ3v) is 2.60. The van der Waals surface area contributed by atoms with E-state index in [-0.39, 0.29) is 6.61 Å². The van der Waals surface area contributed by atoms with Gasteiger partial charge in [0.2, 0.25) is 0 Å². The lowest BCUT2D eigenvalue weighted by Crippen LogP contribution is -2.15. The molecule has 0 aliphatic rings. The number of hydrogen-bond acceptors (Lipinski definition) is 5. The first-order valence-corrected chi connectivity index (χ1v) is 5.62. The van der Waals surface area contributed by atoms with Crippen LogP contribution in [0.25, 0.3) is 0 Å². The molecule has 0 saturated heterocycles. The fraction of sp³-hybridized carbons (Fsp3) is 0.462. The van der Waals surface area contributed by atoms with Gasteiger partial charge in [0.1, 0.15) is 11.5 Å². The molecule has 1 aromatic carbocycles. The molecule has 0 aliphatic carbocycles. The number of rotatable bonds is 5. The summed E-state index contributed by atoms with van der Waals surface area (Å²) in [6.45, 7) is 3.73. The molecule has 0 aromatic heterocycles. The summed E-state index contributed by atoms with van der Waals surface area (Å²) in [7, 11) is 3.03. The van der Waals surface area contributed by atoms with Crippen molar-refractivity contribution in [2.75, 3.05) is 20.8 Å². The lowest BCUT2D eigenvalue weighted by atomic mass is 10.1. The quantitative estimate of drug-likeness (QED) is 0.809. The highest BCUT2D eigenvalue weighted by atomic mass is 16.5. The van der Waals surface area contributed by atoms with Gasteiger partial charge in [-0.3, -0.25) is 0 Å². The molecule has 0 bridgehead atoms. The van der Waals surface area contributed by atoms with Gasteiger partial charge in [0.05, 0.1) is 20.8 Å². The maximum absolute atomic E-state index is 11.5. The van der Waals surface area contributed by atoms with Crippen molar-refractivity contribution in [2.24, 2.45) is 0 Å². The molecule has 1 rings (SSSR count). The molecular weight excluding hydrogens is 236 g/mol. The van der Waals surface area contributed by atoms with E-state index in [1.54, 1.807) is 19.1 Å². The molecule has 0 aliphatic heterocycles. The van der Waals surface area contributed by atoms with E-state index in [0.29, 0.717) is 17.1 Å². The van der Waals surface area contributed by atoms with E-state index < -0.39 is 12.1 Å². The Hall–Kier alpha value is -1.75. The third-order valence-electron chi connectivity index (χ3n) is 2.60. The fourth-order valence-electron chi connectivity index (χ4n) is 1.62. The number of carbonyl (C=O) groups is 1. The summed E-state index contributed by atoms with van der Waals surface area (Å²) in [5.41, 5.74) is 1.19. The lowest BCUT2D eigenvalue weighted by molar-refractivity contribution is -0.153. The number of methoxy groups -OCH3 is 2. The summed E-state index contributed by atoms with van der Waals surface area (Å²) < 4.78 is 15.1. The smallest absolute Gasteiger partial charge is 0.339 e. The first-order valence-electron chi connectivity index (χ1n) is 5.62. The van der Waals surface area contributed by atoms with Crippen molar-refractivity contribution in [3.8, 4) is 11.5 Å². The SMILES string of the molecule is CCOC(=O)C(O)c1cc(OC)c(C)c(OC)c1. The molecular formula is C13H18O5. The van der Waals surface area contributed by atoms with Crippen molar-refractivity contribution >= 4 is 5.97 Å². The van der Waals surface area contributed by atoms with Crippen LogP contribution >= 0.6 is 0 Å². The summed E-state index contributed by atoms with van der Waals surface area (Å²) in [5, 5.41) is 9.87. The zero-order valence-corrected chi connectivity index (χ0v) is 11.0. The van der Waals surface area contributed by atoms with Crippen molar-refractivity contribution in [1.29, 1.82) is 0 Å². The normalized spacial score (nSPS) is 11.8. The molecule has 0 radical (unpaired) electrons. The van der Waals surface area contributed by atoms with Gasteiger partial charge in [0.25, 0.3) is 0 Å². The molecule has 1 unspecified atom stereocenters. The van der Waals surface area contributed by atoms with E-state index in [9.17, 15) is 9.90 Å². The predicted octanol–water partition coefficient (Wildman–Crippen LogP) is 1.61. The molecule has 1 aromatic rings. The monoisotopic (exact) mass is 254 g/mol. The standard InChI is InChI=1S/C13H18O5/c1-5-18-13(15)12(14)9-6-10(16-3)8(2)11(7-9)17-4/h6-7,12,14H,5H2,1-4H3. The van der Waals surface area contributed by atoms with Crippen LogP contribution in [0.2, 0.25) is 0 Å². The third kappa shape index (κ3) is 2.92. The zero-order chi connectivity index (χ0) is 13.7. The average molecular weight is 254 g/mol. The van der Waals surface area contributed by atoms with E-state index in [0.717, 1.165) is 5.56 Å². The van der Waals surface area contributed by atoms with Gasteiger partial charge in [0, 0.05) is 5.56 Å². The Morgan fingerprint density at radius 3 is 2.17 bits per heavy atom. The van der Waals surface area contributed by atoms with Crippen LogP contribution in [-0.2, 0) is 9.53 Å². The molecule has 1 N–H and O–H groups in total. The van der Waals surface area contributed by atoms with Crippen LogP contribution in [0.4, 0.5) is 0 Å². The van der Waals surface area contributed by atoms with E-state index in [4.69, 9.17) is 14.2 Å². The number of carbonyl (C=O) groups excluding carboxylic acids is 1. The Bertz CT molecular complexity index is 402. The first kappa shape index (κ1) is 14.3. The van der Waals surface area contributed by atoms with Gasteiger partial charge in [-0.05, 0) is 31.5 Å². The van der Waals surface area contributed by atoms with E-state index in [1.165, 1.54) is 14.2 Å². The number of benzene rings is 1. The Labute approximate surface area is 106 Å². The minimum atomic E-state index is -1.34. The number of hydrogen-bond donors (Lipinski definition) is 1. The van der Waals surface area contributed by atoms with Crippen molar-refractivity contribution in [3.63, 3.8) is 0 Å². The number of esters is 1. The molecule has 100 valence electrons. The lowest BCUT2D eigenvalue weighted by Gasteiger charge is -2.15. The maximum Gasteiger partial charge on any atom is 0.339 e. The number of aliphatic hydroxyl groups excluding tert-OH is 1. The average Bonchev–Trinajstić information content (AvgIpc) is 2.38. The van der Waals surface area contributed by atoms with Crippen LogP contribution in [-0.4, -0.2) is 31.9 Å². The number of aliphatic hydroxyl groups is 1. The highest BCUT2D eigenvalue weighted by Crippen LogP contribution is 2.32. The number of ether oxygens (including phenoxy) is 3. The van der Waals surface area contributed by atoms with Gasteiger partial charge in [-0.15, -0.1) is 0 Å². The summed E-state index contributed by atoms with van der Waals surface area (Å²) in [6.07, 6.45) is -1.34. The highest BCUT2D eigenvalue weighted by molar-refractivity contribution is 5.76. The summed E-state index contributed by atoms with van der Waals surface area (Å²) in [5.74, 6) is 0.408. The molecule has 5 heteroatoms. The molecule has 0 heterocycles. The largest absolute Gasteiger partial charge is 0.496 e. The first-order chi connectivity index (χ1) is 8.54. The Morgan fingerprint density at radius 2 is 1.78 bits per heavy atom. The minimum Gasteiger partial charge on any atom is -0.496 e. The van der Waals surface area contributed by atoms with Crippen LogP contribution in [0, 0.1) is 6.92 Å². The van der Waals surface area contributed by atoms with Crippen molar-refractivity contribution in [2.45, 2.75) is 20.0 Å². The van der Waals surface area contributed by atoms with Crippen LogP contribution in [0.5, 0.6) is 11.5 Å². The molecule has 0 fully saturated rings. The van der Waals surface area contributed by atoms with Gasteiger partial charge in [0.15, 0.2) is 6.10 Å². The van der Waals surface area contributed by atoms with Crippen LogP contribution < -0.4 is 9.47 Å². The van der Waals surface area contributed by atoms with Gasteiger partial charge in [-0.1, -0.05) is 0 Å². The second-order valence-electron chi connectivity index (χ2n) is 3.71. The fourth-order valence-corrected chi connectivity index (χ4v) is 1.62. The Morgan fingerprint density at radius 1 is 1.28 bits per heavy atom. The van der Waals surface area contributed by atoms with E-state index in [1.807, 2.05) is 6.92 Å². The van der Waals surface area contributed by atoms with Gasteiger partial charge < -0.3 is 19.3 Å². The molecule has 5 nitrogen and oxygen atoms in total. The van der Waals surface area contributed by atoms with Gasteiger partial charge in [-0.2, -0.15) is 0 Å². The minimum absolute atomic E-state index is 0.218. The zero-order valence-electron chi connectivity index (χ0n) is 11.0. The predicted molar refractivity (Wildman–Crippen MR) is 65.9 cm³/mol. The van der Waals surface area contributed by atoms with Crippen molar-refractivity contribution in [1.82, 2.24) is 0 Å². The summed E-state index contributed by atoms with van der Waals surface area (Å²) in [6, 6.07) is 3.19. The molecule has 18 heavy (non-hydrogen) atoms. The topological polar surface area (TPSA) is 65.0 Å². The van der Waals surface area contributed by atoms with Gasteiger partial charge in [-0.25, -0.2) is 4.79 Å². The van der Waals surface area contributed by atoms with Crippen molar-refractivity contribution < 1.29 is 24.1 Å². The molecule has 0 amide bonds. The molecule has 0 saturated carbocycles. The Kier molecular flexibility index (Phi) is 4.97. The second kappa shape index (κ2) is 6.26. The summed E-state index contributed by atoms with van der Waals surface area (Å²) >= 11 is 0. The van der Waals surface area contributed by atoms with Gasteiger partial charge >= 0.3 is 5.97 Å². The molecule has 0 spiro atoms. The van der Waals surface area contributed by atoms with Crippen LogP contribution in [0.1, 0.15) is 24.2 Å². The molecule has 1 atom stereocenters. The van der Waals surface area contributed by atoms with E-state index in [2.05, 4.69) is 0 Å². The summed E-state index contributed by atoms with van der Waals surface area (Å²) in [4.78, 5) is 11.5. The van der Waals surface area contributed by atoms with Crippen molar-refractivity contribution in [3.05, 3.63) is 23.3 Å². The second-order valence-corrected chi connectivity index (χ2v) is 3.71. The van der Waals surface area contributed by atoms with Crippen LogP contribution in [0.15, 0.2) is 12.1 Å². The highest BCUT2D eigenvalue weighted by Gasteiger charge is 2.21. The maximum atomic E-state index is 11.5. The van der Waals surface area contributed by atoms with Crippen LogP contribution in [0.3, 0.4) is 0 Å². The van der Waals surface area contributed by atoms with E-state index >= 15 is 0 Å². The Balaban J connectivity index is 3.13.